The molecule has 1 aliphatic heterocycles. The number of thioether (sulfide) groups is 1. The predicted octanol–water partition coefficient (Wildman–Crippen LogP) is 2.32. The monoisotopic (exact) mass is 253 g/mol. The van der Waals surface area contributed by atoms with Crippen molar-refractivity contribution in [2.24, 2.45) is 0 Å². The summed E-state index contributed by atoms with van der Waals surface area (Å²) in [6.45, 7) is 4.16. The molecular weight excluding hydrogens is 238 g/mol. The van der Waals surface area contributed by atoms with E-state index >= 15 is 0 Å². The predicted molar refractivity (Wildman–Crippen MR) is 69.6 cm³/mol. The molecule has 0 radical (unpaired) electrons. The van der Waals surface area contributed by atoms with E-state index in [0.29, 0.717) is 5.25 Å². The van der Waals surface area contributed by atoms with Crippen molar-refractivity contribution in [1.82, 2.24) is 4.98 Å². The number of nitro groups is 1. The van der Waals surface area contributed by atoms with Crippen LogP contribution >= 0.6 is 11.8 Å². The third-order valence-electron chi connectivity index (χ3n) is 2.84. The lowest BCUT2D eigenvalue weighted by Crippen LogP contribution is -2.26. The van der Waals surface area contributed by atoms with E-state index in [2.05, 4.69) is 16.8 Å². The van der Waals surface area contributed by atoms with Crippen molar-refractivity contribution in [3.63, 3.8) is 0 Å². The summed E-state index contributed by atoms with van der Waals surface area (Å²) in [5.74, 6) is 1.92. The molecule has 6 heteroatoms. The number of hydrogen-bond donors (Lipinski definition) is 0. The highest BCUT2D eigenvalue weighted by Gasteiger charge is 2.16. The lowest BCUT2D eigenvalue weighted by Gasteiger charge is -2.20. The van der Waals surface area contributed by atoms with E-state index in [0.717, 1.165) is 31.1 Å². The molecule has 1 aromatic heterocycles. The maximum absolute atomic E-state index is 10.5. The highest BCUT2D eigenvalue weighted by Crippen LogP contribution is 2.22. The summed E-state index contributed by atoms with van der Waals surface area (Å²) in [6.07, 6.45) is 2.46. The second kappa shape index (κ2) is 5.35. The Morgan fingerprint density at radius 1 is 1.53 bits per heavy atom. The zero-order valence-corrected chi connectivity index (χ0v) is 10.5. The van der Waals surface area contributed by atoms with Gasteiger partial charge < -0.3 is 4.90 Å². The average molecular weight is 253 g/mol. The van der Waals surface area contributed by atoms with E-state index in [1.54, 1.807) is 6.07 Å². The third-order valence-corrected chi connectivity index (χ3v) is 4.06. The Morgan fingerprint density at radius 2 is 2.35 bits per heavy atom. The quantitative estimate of drug-likeness (QED) is 0.598. The van der Waals surface area contributed by atoms with Crippen LogP contribution < -0.4 is 4.90 Å². The number of nitrogens with zero attached hydrogens (tertiary/aromatic N) is 3. The van der Waals surface area contributed by atoms with E-state index in [1.165, 1.54) is 12.3 Å². The standard InChI is InChI=1S/C11H15N3O2S/c1-9-4-5-13(6-7-17-9)11-3-2-10(8-12-11)14(15)16/h2-3,8-9H,4-7H2,1H3/t9-/m0/s1. The molecule has 0 aliphatic carbocycles. The van der Waals surface area contributed by atoms with Crippen LogP contribution in [-0.2, 0) is 0 Å². The summed E-state index contributed by atoms with van der Waals surface area (Å²) >= 11 is 1.97. The lowest BCUT2D eigenvalue weighted by atomic mass is 10.3. The smallest absolute Gasteiger partial charge is 0.287 e. The zero-order valence-electron chi connectivity index (χ0n) is 9.70. The molecule has 1 saturated heterocycles. The average Bonchev–Trinajstić information content (AvgIpc) is 2.54. The maximum Gasteiger partial charge on any atom is 0.287 e. The van der Waals surface area contributed by atoms with E-state index in [9.17, 15) is 10.1 Å². The Balaban J connectivity index is 2.08. The Bertz CT molecular complexity index is 396. The van der Waals surface area contributed by atoms with Crippen molar-refractivity contribution in [3.05, 3.63) is 28.4 Å². The normalized spacial score (nSPS) is 21.0. The van der Waals surface area contributed by atoms with Gasteiger partial charge in [0.15, 0.2) is 0 Å². The Kier molecular flexibility index (Phi) is 3.83. The molecule has 92 valence electrons. The molecule has 1 aromatic rings. The summed E-state index contributed by atoms with van der Waals surface area (Å²) in [6, 6.07) is 3.25. The number of rotatable bonds is 2. The highest BCUT2D eigenvalue weighted by molar-refractivity contribution is 7.99. The van der Waals surface area contributed by atoms with Crippen LogP contribution in [0.3, 0.4) is 0 Å². The topological polar surface area (TPSA) is 59.3 Å². The highest BCUT2D eigenvalue weighted by atomic mass is 32.2. The molecule has 0 N–H and O–H groups in total. The van der Waals surface area contributed by atoms with Crippen LogP contribution in [0.15, 0.2) is 18.3 Å². The van der Waals surface area contributed by atoms with Crippen molar-refractivity contribution in [2.45, 2.75) is 18.6 Å². The van der Waals surface area contributed by atoms with Gasteiger partial charge in [-0.05, 0) is 12.5 Å². The Morgan fingerprint density at radius 3 is 3.00 bits per heavy atom. The van der Waals surface area contributed by atoms with Crippen LogP contribution in [0, 0.1) is 10.1 Å². The minimum atomic E-state index is -0.420. The molecular formula is C11H15N3O2S. The van der Waals surface area contributed by atoms with Gasteiger partial charge in [0.25, 0.3) is 5.69 Å². The zero-order chi connectivity index (χ0) is 12.3. The second-order valence-electron chi connectivity index (χ2n) is 4.09. The number of aromatic nitrogens is 1. The van der Waals surface area contributed by atoms with E-state index in [-0.39, 0.29) is 5.69 Å². The van der Waals surface area contributed by atoms with Gasteiger partial charge >= 0.3 is 0 Å². The van der Waals surface area contributed by atoms with E-state index < -0.39 is 4.92 Å². The number of anilines is 1. The van der Waals surface area contributed by atoms with Gasteiger partial charge in [0.05, 0.1) is 4.92 Å². The molecule has 0 spiro atoms. The first-order valence-corrected chi connectivity index (χ1v) is 6.68. The van der Waals surface area contributed by atoms with Gasteiger partial charge in [-0.15, -0.1) is 0 Å². The summed E-state index contributed by atoms with van der Waals surface area (Å²) in [4.78, 5) is 16.5. The first-order valence-electron chi connectivity index (χ1n) is 5.64. The third kappa shape index (κ3) is 3.09. The fraction of sp³-hybridized carbons (Fsp3) is 0.545. The number of hydrogen-bond acceptors (Lipinski definition) is 5. The van der Waals surface area contributed by atoms with Crippen LogP contribution in [0.25, 0.3) is 0 Å². The second-order valence-corrected chi connectivity index (χ2v) is 5.64. The van der Waals surface area contributed by atoms with Crippen molar-refractivity contribution < 1.29 is 4.92 Å². The molecule has 0 amide bonds. The largest absolute Gasteiger partial charge is 0.356 e. The van der Waals surface area contributed by atoms with Crippen LogP contribution in [0.2, 0.25) is 0 Å². The van der Waals surface area contributed by atoms with Gasteiger partial charge in [-0.25, -0.2) is 4.98 Å². The minimum absolute atomic E-state index is 0.0475. The first-order chi connectivity index (χ1) is 8.16. The SMILES string of the molecule is C[C@H]1CCN(c2ccc([N+](=O)[O-])cn2)CCS1. The van der Waals surface area contributed by atoms with E-state index in [1.807, 2.05) is 11.8 Å². The molecule has 2 rings (SSSR count). The van der Waals surface area contributed by atoms with Crippen molar-refractivity contribution in [2.75, 3.05) is 23.7 Å². The summed E-state index contributed by atoms with van der Waals surface area (Å²) in [7, 11) is 0. The Hall–Kier alpha value is -1.30. The summed E-state index contributed by atoms with van der Waals surface area (Å²) < 4.78 is 0. The van der Waals surface area contributed by atoms with Crippen molar-refractivity contribution >= 4 is 23.3 Å². The molecule has 1 atom stereocenters. The molecule has 0 aromatic carbocycles. The van der Waals surface area contributed by atoms with Crippen LogP contribution in [0.5, 0.6) is 0 Å². The molecule has 17 heavy (non-hydrogen) atoms. The molecule has 0 unspecified atom stereocenters. The van der Waals surface area contributed by atoms with E-state index in [4.69, 9.17) is 0 Å². The van der Waals surface area contributed by atoms with Crippen LogP contribution in [-0.4, -0.2) is 34.0 Å². The van der Waals surface area contributed by atoms with Gasteiger partial charge in [-0.1, -0.05) is 6.92 Å². The molecule has 0 saturated carbocycles. The summed E-state index contributed by atoms with van der Waals surface area (Å²) in [5.41, 5.74) is 0.0475. The minimum Gasteiger partial charge on any atom is -0.356 e. The maximum atomic E-state index is 10.5. The molecule has 0 bridgehead atoms. The lowest BCUT2D eigenvalue weighted by molar-refractivity contribution is -0.385. The number of pyridine rings is 1. The van der Waals surface area contributed by atoms with Gasteiger partial charge in [-0.2, -0.15) is 11.8 Å². The summed E-state index contributed by atoms with van der Waals surface area (Å²) in [5, 5.41) is 11.2. The molecule has 1 aliphatic rings. The van der Waals surface area contributed by atoms with Gasteiger partial charge in [0.2, 0.25) is 0 Å². The van der Waals surface area contributed by atoms with Crippen molar-refractivity contribution in [1.29, 1.82) is 0 Å². The molecule has 2 heterocycles. The van der Waals surface area contributed by atoms with Gasteiger partial charge in [0, 0.05) is 30.2 Å². The fourth-order valence-corrected chi connectivity index (χ4v) is 2.80. The van der Waals surface area contributed by atoms with Crippen LogP contribution in [0.1, 0.15) is 13.3 Å². The Labute approximate surface area is 104 Å². The van der Waals surface area contributed by atoms with Crippen molar-refractivity contribution in [3.8, 4) is 0 Å². The molecule has 5 nitrogen and oxygen atoms in total. The van der Waals surface area contributed by atoms with Gasteiger partial charge in [0.1, 0.15) is 12.0 Å². The molecule has 1 fully saturated rings. The van der Waals surface area contributed by atoms with Crippen LogP contribution in [0.4, 0.5) is 11.5 Å². The fourth-order valence-electron chi connectivity index (χ4n) is 1.80. The van der Waals surface area contributed by atoms with Gasteiger partial charge in [-0.3, -0.25) is 10.1 Å². The first kappa shape index (κ1) is 12.2.